The Kier molecular flexibility index (Phi) is 7.23. The van der Waals surface area contributed by atoms with E-state index in [4.69, 9.17) is 21.1 Å². The lowest BCUT2D eigenvalue weighted by atomic mass is 9.82. The van der Waals surface area contributed by atoms with Crippen molar-refractivity contribution in [3.05, 3.63) is 64.8 Å². The van der Waals surface area contributed by atoms with Gasteiger partial charge in [0.2, 0.25) is 0 Å². The number of methoxy groups -OCH3 is 2. The second-order valence-corrected chi connectivity index (χ2v) is 9.07. The Morgan fingerprint density at radius 1 is 1.06 bits per heavy atom. The molecule has 6 nitrogen and oxygen atoms in total. The van der Waals surface area contributed by atoms with E-state index in [0.717, 1.165) is 42.1 Å². The van der Waals surface area contributed by atoms with Crippen molar-refractivity contribution in [1.29, 1.82) is 0 Å². The summed E-state index contributed by atoms with van der Waals surface area (Å²) in [6.45, 7) is 1.22. The van der Waals surface area contributed by atoms with Crippen LogP contribution in [-0.2, 0) is 16.1 Å². The normalized spacial score (nSPS) is 18.2. The lowest BCUT2D eigenvalue weighted by Gasteiger charge is -2.27. The van der Waals surface area contributed by atoms with Crippen LogP contribution in [0.5, 0.6) is 5.75 Å². The number of fused-ring (bicyclic) bond motifs is 1. The highest BCUT2D eigenvalue weighted by Gasteiger charge is 2.27. The number of benzene rings is 2. The van der Waals surface area contributed by atoms with E-state index in [0.29, 0.717) is 35.3 Å². The maximum Gasteiger partial charge on any atom is 0.308 e. The molecular formula is C26H29ClN2O4. The Morgan fingerprint density at radius 3 is 2.45 bits per heavy atom. The molecule has 3 aromatic rings. The number of hydrogen-bond donors (Lipinski definition) is 1. The SMILES string of the molecule is COc1cc(C(=O)NC[C@H]2CC[C@H](C(=O)OC)CC2)c2c(ccn2Cc2ccc(Cl)cc2)c1. The second-order valence-electron chi connectivity index (χ2n) is 8.63. The number of nitrogens with zero attached hydrogens (tertiary/aromatic N) is 1. The highest BCUT2D eigenvalue weighted by molar-refractivity contribution is 6.30. The van der Waals surface area contributed by atoms with Crippen LogP contribution in [0.15, 0.2) is 48.7 Å². The van der Waals surface area contributed by atoms with Gasteiger partial charge in [-0.15, -0.1) is 0 Å². The van der Waals surface area contributed by atoms with Crippen LogP contribution in [0.3, 0.4) is 0 Å². The number of carbonyl (C=O) groups is 2. The fourth-order valence-electron chi connectivity index (χ4n) is 4.63. The zero-order valence-corrected chi connectivity index (χ0v) is 19.7. The summed E-state index contributed by atoms with van der Waals surface area (Å²) in [6, 6.07) is 13.5. The number of hydrogen-bond acceptors (Lipinski definition) is 4. The molecular weight excluding hydrogens is 440 g/mol. The summed E-state index contributed by atoms with van der Waals surface area (Å²) in [7, 11) is 3.04. The zero-order valence-electron chi connectivity index (χ0n) is 19.0. The predicted octanol–water partition coefficient (Wildman–Crippen LogP) is 5.06. The molecule has 1 amide bonds. The summed E-state index contributed by atoms with van der Waals surface area (Å²) in [6.07, 6.45) is 5.41. The highest BCUT2D eigenvalue weighted by Crippen LogP contribution is 2.30. The summed E-state index contributed by atoms with van der Waals surface area (Å²) in [5.74, 6) is 0.742. The molecule has 1 aliphatic rings. The number of ether oxygens (including phenoxy) is 2. The van der Waals surface area contributed by atoms with Crippen LogP contribution in [0.4, 0.5) is 0 Å². The largest absolute Gasteiger partial charge is 0.497 e. The van der Waals surface area contributed by atoms with Gasteiger partial charge in [-0.25, -0.2) is 0 Å². The molecule has 1 fully saturated rings. The molecule has 0 atom stereocenters. The average Bonchev–Trinajstić information content (AvgIpc) is 3.25. The van der Waals surface area contributed by atoms with Gasteiger partial charge in [-0.05, 0) is 67.5 Å². The number of nitrogens with one attached hydrogen (secondary N) is 1. The third kappa shape index (κ3) is 5.33. The van der Waals surface area contributed by atoms with E-state index in [1.807, 2.05) is 42.6 Å². The van der Waals surface area contributed by atoms with Crippen molar-refractivity contribution in [2.75, 3.05) is 20.8 Å². The number of carbonyl (C=O) groups excluding carboxylic acids is 2. The summed E-state index contributed by atoms with van der Waals surface area (Å²) in [4.78, 5) is 25.0. The second kappa shape index (κ2) is 10.3. The molecule has 1 aromatic heterocycles. The van der Waals surface area contributed by atoms with E-state index >= 15 is 0 Å². The van der Waals surface area contributed by atoms with Crippen LogP contribution in [0.2, 0.25) is 5.02 Å². The van der Waals surface area contributed by atoms with Crippen molar-refractivity contribution in [3.63, 3.8) is 0 Å². The van der Waals surface area contributed by atoms with E-state index in [1.165, 1.54) is 7.11 Å². The van der Waals surface area contributed by atoms with Crippen molar-refractivity contribution in [2.24, 2.45) is 11.8 Å². The monoisotopic (exact) mass is 468 g/mol. The quantitative estimate of drug-likeness (QED) is 0.492. The number of esters is 1. The van der Waals surface area contributed by atoms with Gasteiger partial charge in [-0.1, -0.05) is 23.7 Å². The molecule has 0 radical (unpaired) electrons. The molecule has 2 aromatic carbocycles. The minimum Gasteiger partial charge on any atom is -0.497 e. The molecule has 1 saturated carbocycles. The maximum atomic E-state index is 13.3. The first-order valence-corrected chi connectivity index (χ1v) is 11.6. The Hall–Kier alpha value is -2.99. The molecule has 0 aliphatic heterocycles. The van der Waals surface area contributed by atoms with Gasteiger partial charge in [0.25, 0.3) is 5.91 Å². The summed E-state index contributed by atoms with van der Waals surface area (Å²) < 4.78 is 12.4. The Morgan fingerprint density at radius 2 is 1.79 bits per heavy atom. The summed E-state index contributed by atoms with van der Waals surface area (Å²) >= 11 is 6.02. The molecule has 0 unspecified atom stereocenters. The molecule has 1 aliphatic carbocycles. The van der Waals surface area contributed by atoms with Gasteiger partial charge < -0.3 is 19.4 Å². The van der Waals surface area contributed by atoms with Gasteiger partial charge >= 0.3 is 5.97 Å². The molecule has 1 heterocycles. The highest BCUT2D eigenvalue weighted by atomic mass is 35.5. The van der Waals surface area contributed by atoms with E-state index in [-0.39, 0.29) is 17.8 Å². The average molecular weight is 469 g/mol. The van der Waals surface area contributed by atoms with Gasteiger partial charge in [0.1, 0.15) is 5.75 Å². The molecule has 4 rings (SSSR count). The molecule has 0 bridgehead atoms. The minimum atomic E-state index is -0.127. The zero-order chi connectivity index (χ0) is 23.4. The Bertz CT molecular complexity index is 1130. The van der Waals surface area contributed by atoms with Gasteiger partial charge in [0, 0.05) is 29.7 Å². The maximum absolute atomic E-state index is 13.3. The lowest BCUT2D eigenvalue weighted by Crippen LogP contribution is -2.33. The molecule has 7 heteroatoms. The van der Waals surface area contributed by atoms with Gasteiger partial charge in [0.15, 0.2) is 0 Å². The van der Waals surface area contributed by atoms with Crippen LogP contribution in [0.25, 0.3) is 10.9 Å². The van der Waals surface area contributed by atoms with E-state index in [2.05, 4.69) is 9.88 Å². The van der Waals surface area contributed by atoms with Crippen LogP contribution >= 0.6 is 11.6 Å². The van der Waals surface area contributed by atoms with Gasteiger partial charge in [-0.2, -0.15) is 0 Å². The van der Waals surface area contributed by atoms with Crippen molar-refractivity contribution in [2.45, 2.75) is 32.2 Å². The van der Waals surface area contributed by atoms with Crippen molar-refractivity contribution in [1.82, 2.24) is 9.88 Å². The number of rotatable bonds is 7. The van der Waals surface area contributed by atoms with Gasteiger partial charge in [0.05, 0.1) is 31.2 Å². The number of halogens is 1. The fourth-order valence-corrected chi connectivity index (χ4v) is 4.76. The topological polar surface area (TPSA) is 69.6 Å². The number of amides is 1. The first-order chi connectivity index (χ1) is 16.0. The van der Waals surface area contributed by atoms with Crippen LogP contribution in [0, 0.1) is 11.8 Å². The van der Waals surface area contributed by atoms with Crippen molar-refractivity contribution in [3.8, 4) is 5.75 Å². The first-order valence-electron chi connectivity index (χ1n) is 11.3. The molecule has 0 spiro atoms. The third-order valence-electron chi connectivity index (χ3n) is 6.51. The number of aromatic nitrogens is 1. The van der Waals surface area contributed by atoms with Crippen molar-refractivity contribution >= 4 is 34.4 Å². The van der Waals surface area contributed by atoms with Crippen LogP contribution in [0.1, 0.15) is 41.6 Å². The first kappa shape index (κ1) is 23.2. The molecule has 1 N–H and O–H groups in total. The lowest BCUT2D eigenvalue weighted by molar-refractivity contribution is -0.146. The molecule has 33 heavy (non-hydrogen) atoms. The minimum absolute atomic E-state index is 0.0175. The predicted molar refractivity (Wildman–Crippen MR) is 129 cm³/mol. The van der Waals surface area contributed by atoms with Crippen LogP contribution < -0.4 is 10.1 Å². The fraction of sp³-hybridized carbons (Fsp3) is 0.385. The smallest absolute Gasteiger partial charge is 0.308 e. The Labute approximate surface area is 198 Å². The van der Waals surface area contributed by atoms with Gasteiger partial charge in [-0.3, -0.25) is 9.59 Å². The third-order valence-corrected chi connectivity index (χ3v) is 6.77. The summed E-state index contributed by atoms with van der Waals surface area (Å²) in [5, 5.41) is 4.76. The van der Waals surface area contributed by atoms with Crippen molar-refractivity contribution < 1.29 is 19.1 Å². The molecule has 174 valence electrons. The van der Waals surface area contributed by atoms with E-state index in [1.54, 1.807) is 13.2 Å². The summed E-state index contributed by atoms with van der Waals surface area (Å²) in [5.41, 5.74) is 2.56. The van der Waals surface area contributed by atoms with E-state index < -0.39 is 0 Å². The standard InChI is InChI=1S/C26H29ClN2O4/c1-32-22-13-20-11-12-29(16-18-5-9-21(27)10-6-18)24(20)23(14-22)25(30)28-15-17-3-7-19(8-4-17)26(31)33-2/h5-6,9-14,17,19H,3-4,7-8,15-16H2,1-2H3,(H,28,30)/t17-,19-. The Balaban J connectivity index is 1.51. The molecule has 0 saturated heterocycles. The van der Waals surface area contributed by atoms with Crippen LogP contribution in [-0.4, -0.2) is 37.2 Å². The van der Waals surface area contributed by atoms with E-state index in [9.17, 15) is 9.59 Å².